The van der Waals surface area contributed by atoms with Gasteiger partial charge in [0.2, 0.25) is 0 Å². The Hall–Kier alpha value is -1.23. The zero-order chi connectivity index (χ0) is 13.7. The van der Waals surface area contributed by atoms with E-state index in [1.807, 2.05) is 42.5 Å². The highest BCUT2D eigenvalue weighted by Gasteiger charge is 2.05. The van der Waals surface area contributed by atoms with E-state index in [9.17, 15) is 0 Å². The van der Waals surface area contributed by atoms with E-state index in [-0.39, 0.29) is 0 Å². The fraction of sp³-hybridized carbons (Fsp3) is 0.0714. The lowest BCUT2D eigenvalue weighted by Gasteiger charge is -2.12. The van der Waals surface area contributed by atoms with Crippen LogP contribution in [-0.4, -0.2) is 12.2 Å². The molecule has 0 aliphatic heterocycles. The van der Waals surface area contributed by atoms with Crippen LogP contribution < -0.4 is 10.6 Å². The average molecular weight is 309 g/mol. The molecule has 0 saturated heterocycles. The van der Waals surface area contributed by atoms with Crippen molar-refractivity contribution in [3.8, 4) is 0 Å². The quantitative estimate of drug-likeness (QED) is 0.820. The van der Waals surface area contributed by atoms with Crippen molar-refractivity contribution in [1.82, 2.24) is 5.32 Å². The zero-order valence-electron chi connectivity index (χ0n) is 10.3. The molecule has 2 aromatic rings. The minimum Gasteiger partial charge on any atom is -0.366 e. The molecule has 0 fully saturated rings. The molecule has 19 heavy (non-hydrogen) atoms. The molecule has 0 unspecified atom stereocenters. The number of rotatable bonds is 3. The summed E-state index contributed by atoms with van der Waals surface area (Å²) in [6.45, 7) is 0. The second-order valence-corrected chi connectivity index (χ2v) is 5.72. The first-order chi connectivity index (χ1) is 9.19. The molecule has 2 aromatic carbocycles. The minimum atomic E-state index is 0.601. The van der Waals surface area contributed by atoms with Gasteiger partial charge < -0.3 is 10.6 Å². The summed E-state index contributed by atoms with van der Waals surface area (Å²) < 4.78 is 0. The van der Waals surface area contributed by atoms with Crippen molar-refractivity contribution in [3.63, 3.8) is 0 Å². The van der Waals surface area contributed by atoms with Crippen LogP contribution in [0.1, 0.15) is 0 Å². The number of para-hydroxylation sites is 1. The largest absolute Gasteiger partial charge is 0.366 e. The number of hydrogen-bond donors (Lipinski definition) is 2. The summed E-state index contributed by atoms with van der Waals surface area (Å²) in [4.78, 5) is 2.25. The first-order valence-corrected chi connectivity index (χ1v) is 7.30. The van der Waals surface area contributed by atoms with Crippen LogP contribution in [-0.2, 0) is 0 Å². The van der Waals surface area contributed by atoms with E-state index in [1.165, 1.54) is 0 Å². The van der Waals surface area contributed by atoms with E-state index in [0.29, 0.717) is 5.11 Å². The predicted molar refractivity (Wildman–Crippen MR) is 87.3 cm³/mol. The van der Waals surface area contributed by atoms with Crippen molar-refractivity contribution < 1.29 is 0 Å². The Morgan fingerprint density at radius 3 is 2.47 bits per heavy atom. The second kappa shape index (κ2) is 6.80. The Labute approximate surface area is 127 Å². The van der Waals surface area contributed by atoms with Gasteiger partial charge in [-0.1, -0.05) is 35.5 Å². The Balaban J connectivity index is 2.20. The van der Waals surface area contributed by atoms with Crippen LogP contribution in [0.5, 0.6) is 0 Å². The van der Waals surface area contributed by atoms with E-state index in [0.717, 1.165) is 20.5 Å². The Kier molecular flexibility index (Phi) is 5.07. The summed E-state index contributed by atoms with van der Waals surface area (Å²) in [5.74, 6) is 0. The van der Waals surface area contributed by atoms with Crippen molar-refractivity contribution in [1.29, 1.82) is 0 Å². The Bertz CT molecular complexity index is 570. The molecule has 2 rings (SSSR count). The zero-order valence-corrected chi connectivity index (χ0v) is 12.7. The lowest BCUT2D eigenvalue weighted by molar-refractivity contribution is 1.19. The molecule has 0 saturated carbocycles. The molecule has 2 N–H and O–H groups in total. The molecule has 0 radical (unpaired) electrons. The topological polar surface area (TPSA) is 24.1 Å². The minimum absolute atomic E-state index is 0.601. The van der Waals surface area contributed by atoms with Gasteiger partial charge in [-0.15, -0.1) is 0 Å². The molecule has 0 bridgehead atoms. The number of anilines is 1. The highest BCUT2D eigenvalue weighted by Crippen LogP contribution is 2.33. The van der Waals surface area contributed by atoms with Gasteiger partial charge in [-0.3, -0.25) is 0 Å². The van der Waals surface area contributed by atoms with Crippen molar-refractivity contribution in [2.24, 2.45) is 0 Å². The van der Waals surface area contributed by atoms with Crippen LogP contribution in [0.3, 0.4) is 0 Å². The number of hydrogen-bond acceptors (Lipinski definition) is 2. The summed E-state index contributed by atoms with van der Waals surface area (Å²) in [5, 5.41) is 7.41. The normalized spacial score (nSPS) is 10.0. The van der Waals surface area contributed by atoms with E-state index in [2.05, 4.69) is 16.7 Å². The Morgan fingerprint density at radius 2 is 1.79 bits per heavy atom. The lowest BCUT2D eigenvalue weighted by Crippen LogP contribution is -2.24. The summed E-state index contributed by atoms with van der Waals surface area (Å²) in [5.41, 5.74) is 0.988. The monoisotopic (exact) mass is 308 g/mol. The number of thiocarbonyl (C=S) groups is 1. The van der Waals surface area contributed by atoms with Gasteiger partial charge in [0.15, 0.2) is 5.11 Å². The molecule has 5 heteroatoms. The van der Waals surface area contributed by atoms with Crippen LogP contribution in [0, 0.1) is 0 Å². The summed E-state index contributed by atoms with van der Waals surface area (Å²) >= 11 is 12.7. The van der Waals surface area contributed by atoms with Crippen molar-refractivity contribution >= 4 is 46.4 Å². The molecule has 0 heterocycles. The summed E-state index contributed by atoms with van der Waals surface area (Å²) in [7, 11) is 1.80. The van der Waals surface area contributed by atoms with E-state index in [1.54, 1.807) is 18.8 Å². The van der Waals surface area contributed by atoms with Gasteiger partial charge in [-0.05, 0) is 48.6 Å². The molecule has 98 valence electrons. The van der Waals surface area contributed by atoms with Crippen LogP contribution in [0.25, 0.3) is 0 Å². The predicted octanol–water partition coefficient (Wildman–Crippen LogP) is 4.41. The third-order valence-corrected chi connectivity index (χ3v) is 4.05. The maximum atomic E-state index is 5.89. The molecular formula is C14H13ClN2S2. The molecule has 0 spiro atoms. The third kappa shape index (κ3) is 4.13. The second-order valence-electron chi connectivity index (χ2n) is 3.76. The molecule has 0 amide bonds. The van der Waals surface area contributed by atoms with Crippen LogP contribution >= 0.6 is 35.6 Å². The molecule has 0 aliphatic rings. The van der Waals surface area contributed by atoms with Gasteiger partial charge in [-0.25, -0.2) is 0 Å². The van der Waals surface area contributed by atoms with Crippen molar-refractivity contribution in [2.75, 3.05) is 12.4 Å². The lowest BCUT2D eigenvalue weighted by atomic mass is 10.3. The average Bonchev–Trinajstić information content (AvgIpc) is 2.43. The van der Waals surface area contributed by atoms with Gasteiger partial charge in [-0.2, -0.15) is 0 Å². The van der Waals surface area contributed by atoms with E-state index < -0.39 is 0 Å². The highest BCUT2D eigenvalue weighted by atomic mass is 35.5. The first-order valence-electron chi connectivity index (χ1n) is 5.70. The van der Waals surface area contributed by atoms with E-state index >= 15 is 0 Å². The molecule has 0 aromatic heterocycles. The van der Waals surface area contributed by atoms with Gasteiger partial charge in [0.25, 0.3) is 0 Å². The van der Waals surface area contributed by atoms with Crippen LogP contribution in [0.2, 0.25) is 5.02 Å². The van der Waals surface area contributed by atoms with Gasteiger partial charge in [0.1, 0.15) is 0 Å². The van der Waals surface area contributed by atoms with E-state index in [4.69, 9.17) is 23.8 Å². The maximum absolute atomic E-state index is 5.89. The van der Waals surface area contributed by atoms with Crippen molar-refractivity contribution in [2.45, 2.75) is 9.79 Å². The Morgan fingerprint density at radius 1 is 1.11 bits per heavy atom. The number of benzene rings is 2. The van der Waals surface area contributed by atoms with Gasteiger partial charge >= 0.3 is 0 Å². The smallest absolute Gasteiger partial charge is 0.170 e. The standard InChI is InChI=1S/C14H13ClN2S2/c1-16-14(18)17-12-4-2-3-5-13(12)19-11-8-6-10(15)7-9-11/h2-9H,1H3,(H2,16,17,18). The summed E-state index contributed by atoms with van der Waals surface area (Å²) in [6, 6.07) is 15.8. The highest BCUT2D eigenvalue weighted by molar-refractivity contribution is 7.99. The molecule has 0 atom stereocenters. The van der Waals surface area contributed by atoms with Crippen molar-refractivity contribution in [3.05, 3.63) is 53.6 Å². The fourth-order valence-corrected chi connectivity index (χ4v) is 2.61. The van der Waals surface area contributed by atoms with Gasteiger partial charge in [0, 0.05) is 21.9 Å². The number of halogens is 1. The maximum Gasteiger partial charge on any atom is 0.170 e. The number of nitrogens with one attached hydrogen (secondary N) is 2. The molecule has 0 aliphatic carbocycles. The fourth-order valence-electron chi connectivity index (χ4n) is 1.47. The SMILES string of the molecule is CNC(=S)Nc1ccccc1Sc1ccc(Cl)cc1. The van der Waals surface area contributed by atoms with Gasteiger partial charge in [0.05, 0.1) is 5.69 Å². The molecular weight excluding hydrogens is 296 g/mol. The molecule has 2 nitrogen and oxygen atoms in total. The van der Waals surface area contributed by atoms with Crippen LogP contribution in [0.4, 0.5) is 5.69 Å². The third-order valence-electron chi connectivity index (χ3n) is 2.40. The first kappa shape index (κ1) is 14.2. The summed E-state index contributed by atoms with van der Waals surface area (Å²) in [6.07, 6.45) is 0. The van der Waals surface area contributed by atoms with Crippen LogP contribution in [0.15, 0.2) is 58.3 Å².